The van der Waals surface area contributed by atoms with Crippen molar-refractivity contribution in [1.82, 2.24) is 5.32 Å². The average Bonchev–Trinajstić information content (AvgIpc) is 2.84. The van der Waals surface area contributed by atoms with Gasteiger partial charge in [-0.3, -0.25) is 4.79 Å². The highest BCUT2D eigenvalue weighted by Crippen LogP contribution is 2.17. The Labute approximate surface area is 102 Å². The van der Waals surface area contributed by atoms with Gasteiger partial charge in [-0.2, -0.15) is 5.26 Å². The largest absolute Gasteiger partial charge is 0.469 e. The number of nitrogens with one attached hydrogen (secondary N) is 1. The first-order valence-corrected chi connectivity index (χ1v) is 5.92. The summed E-state index contributed by atoms with van der Waals surface area (Å²) in [4.78, 5) is 12.1. The van der Waals surface area contributed by atoms with Crippen molar-refractivity contribution in [2.24, 2.45) is 0 Å². The number of hydrogen-bond donors (Lipinski definition) is 1. The van der Waals surface area contributed by atoms with Crippen LogP contribution in [0.4, 0.5) is 0 Å². The van der Waals surface area contributed by atoms with E-state index in [1.807, 2.05) is 20.8 Å². The fourth-order valence-corrected chi connectivity index (χ4v) is 1.71. The van der Waals surface area contributed by atoms with Gasteiger partial charge in [-0.1, -0.05) is 20.8 Å². The van der Waals surface area contributed by atoms with Crippen LogP contribution >= 0.6 is 0 Å². The van der Waals surface area contributed by atoms with Gasteiger partial charge in [0.1, 0.15) is 11.3 Å². The molecule has 0 aromatic carbocycles. The summed E-state index contributed by atoms with van der Waals surface area (Å²) >= 11 is 0. The lowest BCUT2D eigenvalue weighted by molar-refractivity contribution is 0.0913. The van der Waals surface area contributed by atoms with Crippen molar-refractivity contribution >= 4 is 5.91 Å². The number of amides is 1. The third-order valence-electron chi connectivity index (χ3n) is 3.09. The molecule has 1 aromatic rings. The highest BCUT2D eigenvalue weighted by atomic mass is 16.3. The Morgan fingerprint density at radius 1 is 1.47 bits per heavy atom. The number of aryl methyl sites for hydroxylation is 1. The molecule has 1 N–H and O–H groups in total. The van der Waals surface area contributed by atoms with Gasteiger partial charge in [-0.25, -0.2) is 0 Å². The SMILES string of the molecule is CCc1occc1C(=O)NC(C#N)(CC)CC. The van der Waals surface area contributed by atoms with Crippen molar-refractivity contribution in [2.45, 2.75) is 45.6 Å². The molecule has 0 aliphatic rings. The van der Waals surface area contributed by atoms with Gasteiger partial charge in [0.25, 0.3) is 5.91 Å². The monoisotopic (exact) mass is 234 g/mol. The fourth-order valence-electron chi connectivity index (χ4n) is 1.71. The summed E-state index contributed by atoms with van der Waals surface area (Å²) in [5, 5.41) is 12.0. The molecule has 4 heteroatoms. The van der Waals surface area contributed by atoms with Crippen molar-refractivity contribution in [3.63, 3.8) is 0 Å². The minimum absolute atomic E-state index is 0.235. The van der Waals surface area contributed by atoms with Crippen LogP contribution in [0.5, 0.6) is 0 Å². The van der Waals surface area contributed by atoms with E-state index in [1.54, 1.807) is 6.07 Å². The Kier molecular flexibility index (Phi) is 4.33. The second-order valence-corrected chi connectivity index (χ2v) is 3.97. The van der Waals surface area contributed by atoms with Crippen LogP contribution in [0.1, 0.15) is 49.7 Å². The standard InChI is InChI=1S/C13H18N2O2/c1-4-11-10(7-8-17-11)12(16)15-13(5-2,6-3)9-14/h7-8H,4-6H2,1-3H3,(H,15,16). The van der Waals surface area contributed by atoms with Crippen molar-refractivity contribution < 1.29 is 9.21 Å². The molecule has 0 fully saturated rings. The predicted octanol–water partition coefficient (Wildman–Crippen LogP) is 2.65. The zero-order valence-corrected chi connectivity index (χ0v) is 10.5. The van der Waals surface area contributed by atoms with Gasteiger partial charge in [0, 0.05) is 6.42 Å². The van der Waals surface area contributed by atoms with Gasteiger partial charge in [0.05, 0.1) is 17.9 Å². The third kappa shape index (κ3) is 2.68. The fraction of sp³-hybridized carbons (Fsp3) is 0.538. The Morgan fingerprint density at radius 3 is 2.59 bits per heavy atom. The van der Waals surface area contributed by atoms with E-state index >= 15 is 0 Å². The summed E-state index contributed by atoms with van der Waals surface area (Å²) in [5.74, 6) is 0.419. The van der Waals surface area contributed by atoms with Gasteiger partial charge in [-0.15, -0.1) is 0 Å². The van der Waals surface area contributed by atoms with Crippen LogP contribution in [0.3, 0.4) is 0 Å². The molecular formula is C13H18N2O2. The second kappa shape index (κ2) is 5.53. The van der Waals surface area contributed by atoms with Crippen LogP contribution in [-0.2, 0) is 6.42 Å². The van der Waals surface area contributed by atoms with Crippen LogP contribution < -0.4 is 5.32 Å². The molecule has 0 unspecified atom stereocenters. The summed E-state index contributed by atoms with van der Waals surface area (Å²) < 4.78 is 5.21. The number of carbonyl (C=O) groups is 1. The van der Waals surface area contributed by atoms with Gasteiger partial charge >= 0.3 is 0 Å². The number of rotatable bonds is 5. The Hall–Kier alpha value is -1.76. The van der Waals surface area contributed by atoms with Gasteiger partial charge < -0.3 is 9.73 Å². The van der Waals surface area contributed by atoms with E-state index in [9.17, 15) is 4.79 Å². The molecule has 0 radical (unpaired) electrons. The van der Waals surface area contributed by atoms with Crippen molar-refractivity contribution in [2.75, 3.05) is 0 Å². The van der Waals surface area contributed by atoms with Gasteiger partial charge in [0.2, 0.25) is 0 Å². The first kappa shape index (κ1) is 13.3. The highest BCUT2D eigenvalue weighted by molar-refractivity contribution is 5.95. The first-order chi connectivity index (χ1) is 8.12. The average molecular weight is 234 g/mol. The number of nitriles is 1. The van der Waals surface area contributed by atoms with E-state index in [0.717, 1.165) is 0 Å². The molecular weight excluding hydrogens is 216 g/mol. The van der Waals surface area contributed by atoms with Crippen LogP contribution in [0.25, 0.3) is 0 Å². The Bertz CT molecular complexity index is 425. The van der Waals surface area contributed by atoms with E-state index in [-0.39, 0.29) is 5.91 Å². The van der Waals surface area contributed by atoms with Crippen molar-refractivity contribution in [1.29, 1.82) is 5.26 Å². The molecule has 0 bridgehead atoms. The lowest BCUT2D eigenvalue weighted by Gasteiger charge is -2.24. The summed E-state index contributed by atoms with van der Waals surface area (Å²) in [5.41, 5.74) is -0.256. The first-order valence-electron chi connectivity index (χ1n) is 5.92. The number of furan rings is 1. The van der Waals surface area contributed by atoms with E-state index in [1.165, 1.54) is 6.26 Å². The molecule has 1 heterocycles. The molecule has 0 saturated heterocycles. The third-order valence-corrected chi connectivity index (χ3v) is 3.09. The summed E-state index contributed by atoms with van der Waals surface area (Å²) in [6, 6.07) is 3.82. The molecule has 4 nitrogen and oxygen atoms in total. The van der Waals surface area contributed by atoms with E-state index in [4.69, 9.17) is 9.68 Å². The summed E-state index contributed by atoms with van der Waals surface area (Å²) in [6.07, 6.45) is 3.34. The number of nitrogens with zero attached hydrogens (tertiary/aromatic N) is 1. The topological polar surface area (TPSA) is 66.0 Å². The molecule has 0 spiro atoms. The number of carbonyl (C=O) groups excluding carboxylic acids is 1. The normalized spacial score (nSPS) is 10.9. The van der Waals surface area contributed by atoms with E-state index in [2.05, 4.69) is 11.4 Å². The Balaban J connectivity index is 2.89. The molecule has 0 aliphatic carbocycles. The van der Waals surface area contributed by atoms with E-state index in [0.29, 0.717) is 30.6 Å². The maximum Gasteiger partial charge on any atom is 0.256 e. The molecule has 0 aliphatic heterocycles. The minimum atomic E-state index is -0.778. The molecule has 1 aromatic heterocycles. The van der Waals surface area contributed by atoms with E-state index < -0.39 is 5.54 Å². The quantitative estimate of drug-likeness (QED) is 0.851. The zero-order chi connectivity index (χ0) is 12.9. The molecule has 0 saturated carbocycles. The maximum absolute atomic E-state index is 12.1. The van der Waals surface area contributed by atoms with Crippen LogP contribution in [0, 0.1) is 11.3 Å². The lowest BCUT2D eigenvalue weighted by atomic mass is 9.94. The van der Waals surface area contributed by atoms with Gasteiger partial charge in [-0.05, 0) is 18.9 Å². The summed E-state index contributed by atoms with van der Waals surface area (Å²) in [7, 11) is 0. The maximum atomic E-state index is 12.1. The van der Waals surface area contributed by atoms with Gasteiger partial charge in [0.15, 0.2) is 0 Å². The number of hydrogen-bond acceptors (Lipinski definition) is 3. The van der Waals surface area contributed by atoms with Crippen molar-refractivity contribution in [3.05, 3.63) is 23.7 Å². The predicted molar refractivity (Wildman–Crippen MR) is 64.5 cm³/mol. The molecule has 17 heavy (non-hydrogen) atoms. The second-order valence-electron chi connectivity index (χ2n) is 3.97. The molecule has 1 amide bonds. The van der Waals surface area contributed by atoms with Crippen LogP contribution in [-0.4, -0.2) is 11.4 Å². The highest BCUT2D eigenvalue weighted by Gasteiger charge is 2.29. The zero-order valence-electron chi connectivity index (χ0n) is 10.5. The minimum Gasteiger partial charge on any atom is -0.469 e. The lowest BCUT2D eigenvalue weighted by Crippen LogP contribution is -2.46. The van der Waals surface area contributed by atoms with Crippen LogP contribution in [0.2, 0.25) is 0 Å². The van der Waals surface area contributed by atoms with Crippen LogP contribution in [0.15, 0.2) is 16.7 Å². The molecule has 92 valence electrons. The van der Waals surface area contributed by atoms with Crippen molar-refractivity contribution in [3.8, 4) is 6.07 Å². The summed E-state index contributed by atoms with van der Waals surface area (Å²) in [6.45, 7) is 5.71. The molecule has 0 atom stereocenters. The smallest absolute Gasteiger partial charge is 0.256 e. The Morgan fingerprint density at radius 2 is 2.12 bits per heavy atom. The molecule has 1 rings (SSSR count).